The van der Waals surface area contributed by atoms with Crippen molar-refractivity contribution in [1.29, 1.82) is 0 Å². The van der Waals surface area contributed by atoms with E-state index in [-0.39, 0.29) is 5.91 Å². The average molecular weight is 364 g/mol. The van der Waals surface area contributed by atoms with Gasteiger partial charge in [-0.05, 0) is 46.1 Å². The number of nitrogens with one attached hydrogen (secondary N) is 1. The van der Waals surface area contributed by atoms with Crippen LogP contribution in [0.2, 0.25) is 0 Å². The minimum absolute atomic E-state index is 0.174. The van der Waals surface area contributed by atoms with Crippen LogP contribution >= 0.6 is 15.9 Å². The molecule has 0 aromatic heterocycles. The Hall–Kier alpha value is -2.01. The summed E-state index contributed by atoms with van der Waals surface area (Å²) in [5.41, 5.74) is 2.73. The van der Waals surface area contributed by atoms with Crippen molar-refractivity contribution in [1.82, 2.24) is 5.32 Å². The molecule has 0 spiro atoms. The largest absolute Gasteiger partial charge is 0.495 e. The number of aryl methyl sites for hydroxylation is 1. The maximum atomic E-state index is 12.3. The minimum Gasteiger partial charge on any atom is -0.495 e. The second-order valence-electron chi connectivity index (χ2n) is 4.80. The van der Waals surface area contributed by atoms with E-state index in [0.717, 1.165) is 11.1 Å². The van der Waals surface area contributed by atoms with Crippen LogP contribution in [-0.4, -0.2) is 20.1 Å². The second-order valence-corrected chi connectivity index (χ2v) is 5.60. The molecule has 2 aromatic rings. The highest BCUT2D eigenvalue weighted by molar-refractivity contribution is 9.10. The molecule has 116 valence electrons. The summed E-state index contributed by atoms with van der Waals surface area (Å²) in [6.45, 7) is 2.50. The predicted octanol–water partition coefficient (Wildman–Crippen LogP) is 3.70. The molecular weight excluding hydrogens is 346 g/mol. The molecule has 0 aliphatic heterocycles. The fourth-order valence-corrected chi connectivity index (χ4v) is 2.64. The second kappa shape index (κ2) is 7.31. The smallest absolute Gasteiger partial charge is 0.251 e. The standard InChI is InChI=1S/C17H18BrNO3/c1-11-6-4-5-7-12(11)10-19-17(20)13-8-14(21-2)16(18)15(9-13)22-3/h4-9H,10H2,1-3H3,(H,19,20). The lowest BCUT2D eigenvalue weighted by Gasteiger charge is -2.12. The minimum atomic E-state index is -0.174. The highest BCUT2D eigenvalue weighted by atomic mass is 79.9. The molecule has 0 unspecified atom stereocenters. The van der Waals surface area contributed by atoms with E-state index in [1.807, 2.05) is 31.2 Å². The third-order valence-corrected chi connectivity index (χ3v) is 4.19. The van der Waals surface area contributed by atoms with Gasteiger partial charge in [0.2, 0.25) is 0 Å². The van der Waals surface area contributed by atoms with Gasteiger partial charge in [0.15, 0.2) is 0 Å². The van der Waals surface area contributed by atoms with Gasteiger partial charge in [0.25, 0.3) is 5.91 Å². The monoisotopic (exact) mass is 363 g/mol. The van der Waals surface area contributed by atoms with Crippen LogP contribution in [0.5, 0.6) is 11.5 Å². The molecule has 0 fully saturated rings. The van der Waals surface area contributed by atoms with Gasteiger partial charge < -0.3 is 14.8 Å². The molecule has 0 radical (unpaired) electrons. The average Bonchev–Trinajstić information content (AvgIpc) is 2.54. The lowest BCUT2D eigenvalue weighted by atomic mass is 10.1. The van der Waals surface area contributed by atoms with Crippen LogP contribution in [0.3, 0.4) is 0 Å². The lowest BCUT2D eigenvalue weighted by molar-refractivity contribution is 0.0950. The number of hydrogen-bond acceptors (Lipinski definition) is 3. The summed E-state index contributed by atoms with van der Waals surface area (Å²) in [4.78, 5) is 12.3. The third kappa shape index (κ3) is 3.60. The van der Waals surface area contributed by atoms with Gasteiger partial charge in [-0.1, -0.05) is 24.3 Å². The SMILES string of the molecule is COc1cc(C(=O)NCc2ccccc2C)cc(OC)c1Br. The molecule has 1 N–H and O–H groups in total. The van der Waals surface area contributed by atoms with Gasteiger partial charge in [0.05, 0.1) is 14.2 Å². The van der Waals surface area contributed by atoms with Crippen molar-refractivity contribution >= 4 is 21.8 Å². The first-order valence-electron chi connectivity index (χ1n) is 6.81. The van der Waals surface area contributed by atoms with E-state index in [9.17, 15) is 4.79 Å². The highest BCUT2D eigenvalue weighted by Gasteiger charge is 2.14. The first-order valence-corrected chi connectivity index (χ1v) is 7.60. The van der Waals surface area contributed by atoms with E-state index < -0.39 is 0 Å². The van der Waals surface area contributed by atoms with Crippen molar-refractivity contribution < 1.29 is 14.3 Å². The van der Waals surface area contributed by atoms with Crippen LogP contribution in [0, 0.1) is 6.92 Å². The van der Waals surface area contributed by atoms with E-state index in [0.29, 0.717) is 28.1 Å². The lowest BCUT2D eigenvalue weighted by Crippen LogP contribution is -2.23. The molecular formula is C17H18BrNO3. The summed E-state index contributed by atoms with van der Waals surface area (Å²) < 4.78 is 11.2. The summed E-state index contributed by atoms with van der Waals surface area (Å²) in [6, 6.07) is 11.3. The quantitative estimate of drug-likeness (QED) is 0.880. The first kappa shape index (κ1) is 16.4. The molecule has 0 saturated heterocycles. The molecule has 0 atom stereocenters. The molecule has 0 saturated carbocycles. The van der Waals surface area contributed by atoms with Crippen molar-refractivity contribution in [3.63, 3.8) is 0 Å². The zero-order chi connectivity index (χ0) is 16.1. The summed E-state index contributed by atoms with van der Waals surface area (Å²) in [7, 11) is 3.10. The van der Waals surface area contributed by atoms with Crippen molar-refractivity contribution in [3.8, 4) is 11.5 Å². The van der Waals surface area contributed by atoms with Gasteiger partial charge in [-0.15, -0.1) is 0 Å². The molecule has 2 aromatic carbocycles. The van der Waals surface area contributed by atoms with Gasteiger partial charge in [-0.2, -0.15) is 0 Å². The fourth-order valence-electron chi connectivity index (χ4n) is 2.09. The number of carbonyl (C=O) groups excluding carboxylic acids is 1. The summed E-state index contributed by atoms with van der Waals surface area (Å²) >= 11 is 3.39. The van der Waals surface area contributed by atoms with Crippen molar-refractivity contribution in [2.75, 3.05) is 14.2 Å². The van der Waals surface area contributed by atoms with Crippen LogP contribution in [0.15, 0.2) is 40.9 Å². The molecule has 0 heterocycles. The van der Waals surface area contributed by atoms with Gasteiger partial charge in [0, 0.05) is 12.1 Å². The fraction of sp³-hybridized carbons (Fsp3) is 0.235. The molecule has 4 nitrogen and oxygen atoms in total. The van der Waals surface area contributed by atoms with E-state index in [2.05, 4.69) is 21.2 Å². The van der Waals surface area contributed by atoms with Crippen molar-refractivity contribution in [2.24, 2.45) is 0 Å². The topological polar surface area (TPSA) is 47.6 Å². The molecule has 0 bridgehead atoms. The Morgan fingerprint density at radius 3 is 2.27 bits per heavy atom. The number of ether oxygens (including phenoxy) is 2. The Morgan fingerprint density at radius 1 is 1.14 bits per heavy atom. The molecule has 0 aliphatic rings. The van der Waals surface area contributed by atoms with E-state index >= 15 is 0 Å². The number of amides is 1. The Balaban J connectivity index is 2.18. The molecule has 1 amide bonds. The zero-order valence-corrected chi connectivity index (χ0v) is 14.4. The van der Waals surface area contributed by atoms with E-state index in [1.165, 1.54) is 0 Å². The van der Waals surface area contributed by atoms with Crippen LogP contribution < -0.4 is 14.8 Å². The van der Waals surface area contributed by atoms with Crippen LogP contribution in [0.25, 0.3) is 0 Å². The highest BCUT2D eigenvalue weighted by Crippen LogP contribution is 2.35. The number of benzene rings is 2. The molecule has 2 rings (SSSR count). The Bertz CT molecular complexity index is 660. The normalized spacial score (nSPS) is 10.2. The van der Waals surface area contributed by atoms with Gasteiger partial charge in [0.1, 0.15) is 16.0 Å². The van der Waals surface area contributed by atoms with Crippen LogP contribution in [0.1, 0.15) is 21.5 Å². The maximum Gasteiger partial charge on any atom is 0.251 e. The summed E-state index contributed by atoms with van der Waals surface area (Å²) in [5, 5.41) is 2.91. The Morgan fingerprint density at radius 2 is 1.73 bits per heavy atom. The number of hydrogen-bond donors (Lipinski definition) is 1. The summed E-state index contributed by atoms with van der Waals surface area (Å²) in [6.07, 6.45) is 0. The van der Waals surface area contributed by atoms with Gasteiger partial charge in [-0.25, -0.2) is 0 Å². The van der Waals surface area contributed by atoms with Gasteiger partial charge >= 0.3 is 0 Å². The van der Waals surface area contributed by atoms with E-state index in [4.69, 9.17) is 9.47 Å². The van der Waals surface area contributed by atoms with Crippen molar-refractivity contribution in [2.45, 2.75) is 13.5 Å². The molecule has 22 heavy (non-hydrogen) atoms. The molecule has 5 heteroatoms. The Kier molecular flexibility index (Phi) is 5.44. The van der Waals surface area contributed by atoms with Gasteiger partial charge in [-0.3, -0.25) is 4.79 Å². The van der Waals surface area contributed by atoms with Crippen LogP contribution in [-0.2, 0) is 6.54 Å². The summed E-state index contributed by atoms with van der Waals surface area (Å²) in [5.74, 6) is 0.938. The zero-order valence-electron chi connectivity index (χ0n) is 12.8. The molecule has 0 aliphatic carbocycles. The van der Waals surface area contributed by atoms with Crippen molar-refractivity contribution in [3.05, 3.63) is 57.6 Å². The number of carbonyl (C=O) groups is 1. The third-order valence-electron chi connectivity index (χ3n) is 3.41. The predicted molar refractivity (Wildman–Crippen MR) is 89.6 cm³/mol. The van der Waals surface area contributed by atoms with E-state index in [1.54, 1.807) is 26.4 Å². The maximum absolute atomic E-state index is 12.3. The first-order chi connectivity index (χ1) is 10.6. The number of methoxy groups -OCH3 is 2. The van der Waals surface area contributed by atoms with Crippen LogP contribution in [0.4, 0.5) is 0 Å². The number of rotatable bonds is 5. The number of halogens is 1. The Labute approximate surface area is 138 Å².